The number of rotatable bonds is 7. The molecule has 4 fully saturated rings. The fourth-order valence-electron chi connectivity index (χ4n) is 7.30. The van der Waals surface area contributed by atoms with Gasteiger partial charge < -0.3 is 16.4 Å². The van der Waals surface area contributed by atoms with E-state index in [1.54, 1.807) is 24.5 Å². The number of aromatic nitrogens is 1. The SMILES string of the molecule is CC(C)(C(=S)NCC(N)C1C2CC3CC1CC(C(=O)Nc1ccncc1)(C3)C2)c1ccc(F)cc1. The van der Waals surface area contributed by atoms with Gasteiger partial charge in [-0.3, -0.25) is 9.78 Å². The molecule has 3 atom stereocenters. The Bertz CT molecular complexity index is 1070. The number of halogens is 1. The molecule has 4 aliphatic rings. The highest BCUT2D eigenvalue weighted by Crippen LogP contribution is 2.63. The van der Waals surface area contributed by atoms with E-state index in [-0.39, 0.29) is 23.2 Å². The van der Waals surface area contributed by atoms with Crippen molar-refractivity contribution in [2.75, 3.05) is 11.9 Å². The number of carbonyl (C=O) groups is 1. The van der Waals surface area contributed by atoms with Crippen LogP contribution in [0.25, 0.3) is 0 Å². The molecule has 0 saturated heterocycles. The zero-order chi connectivity index (χ0) is 24.8. The van der Waals surface area contributed by atoms with Gasteiger partial charge in [-0.1, -0.05) is 24.4 Å². The van der Waals surface area contributed by atoms with Crippen molar-refractivity contribution in [3.63, 3.8) is 0 Å². The molecule has 4 N–H and O–H groups in total. The Labute approximate surface area is 212 Å². The third-order valence-corrected chi connectivity index (χ3v) is 9.55. The maximum atomic E-state index is 13.4. The molecule has 35 heavy (non-hydrogen) atoms. The quantitative estimate of drug-likeness (QED) is 0.481. The standard InChI is InChI=1S/C28H35FN4OS/c1-27(2,20-3-5-21(29)6-4-20)26(35)32-16-23(30)24-18-11-17-12-19(24)15-28(13-17,14-18)25(34)33-22-7-9-31-10-8-22/h3-10,17-19,23-24H,11-16,30H2,1-2H3,(H,32,35)(H,31,33,34). The molecule has 0 aliphatic heterocycles. The number of anilines is 1. The second-order valence-corrected chi connectivity index (χ2v) is 11.9. The van der Waals surface area contributed by atoms with E-state index in [2.05, 4.69) is 29.5 Å². The Hall–Kier alpha value is -2.38. The van der Waals surface area contributed by atoms with Crippen LogP contribution in [-0.4, -0.2) is 28.5 Å². The summed E-state index contributed by atoms with van der Waals surface area (Å²) in [4.78, 5) is 18.2. The van der Waals surface area contributed by atoms with E-state index in [0.29, 0.717) is 30.2 Å². The van der Waals surface area contributed by atoms with Gasteiger partial charge in [0.2, 0.25) is 5.91 Å². The first kappa shape index (κ1) is 24.3. The minimum Gasteiger partial charge on any atom is -0.377 e. The highest BCUT2D eigenvalue weighted by atomic mass is 32.1. The predicted molar refractivity (Wildman–Crippen MR) is 140 cm³/mol. The number of benzene rings is 1. The van der Waals surface area contributed by atoms with Crippen LogP contribution in [0.4, 0.5) is 10.1 Å². The summed E-state index contributed by atoms with van der Waals surface area (Å²) >= 11 is 5.75. The second-order valence-electron chi connectivity index (χ2n) is 11.5. The lowest BCUT2D eigenvalue weighted by atomic mass is 9.45. The lowest BCUT2D eigenvalue weighted by Crippen LogP contribution is -2.60. The van der Waals surface area contributed by atoms with Crippen molar-refractivity contribution in [3.05, 3.63) is 60.2 Å². The van der Waals surface area contributed by atoms with Crippen LogP contribution in [0.2, 0.25) is 0 Å². The summed E-state index contributed by atoms with van der Waals surface area (Å²) in [6.07, 6.45) is 8.59. The number of nitrogens with zero attached hydrogens (tertiary/aromatic N) is 1. The Kier molecular flexibility index (Phi) is 6.43. The molecule has 4 aliphatic carbocycles. The van der Waals surface area contributed by atoms with Gasteiger partial charge in [0.1, 0.15) is 5.82 Å². The first-order valence-corrected chi connectivity index (χ1v) is 13.1. The van der Waals surface area contributed by atoms with Crippen molar-refractivity contribution in [3.8, 4) is 0 Å². The van der Waals surface area contributed by atoms with Crippen molar-refractivity contribution < 1.29 is 9.18 Å². The topological polar surface area (TPSA) is 80.0 Å². The molecule has 4 saturated carbocycles. The van der Waals surface area contributed by atoms with Crippen molar-refractivity contribution in [1.29, 1.82) is 0 Å². The minimum atomic E-state index is -0.415. The Morgan fingerprint density at radius 2 is 1.77 bits per heavy atom. The van der Waals surface area contributed by atoms with Crippen molar-refractivity contribution in [2.45, 2.75) is 57.4 Å². The zero-order valence-electron chi connectivity index (χ0n) is 20.5. The number of pyridine rings is 1. The van der Waals surface area contributed by atoms with Crippen LogP contribution in [0, 0.1) is 34.9 Å². The monoisotopic (exact) mass is 494 g/mol. The highest BCUT2D eigenvalue weighted by molar-refractivity contribution is 7.80. The summed E-state index contributed by atoms with van der Waals surface area (Å²) < 4.78 is 13.4. The molecule has 4 bridgehead atoms. The summed E-state index contributed by atoms with van der Waals surface area (Å²) in [5.41, 5.74) is 7.91. The molecule has 1 aromatic heterocycles. The van der Waals surface area contributed by atoms with E-state index >= 15 is 0 Å². The number of nitrogens with two attached hydrogens (primary N) is 1. The highest BCUT2D eigenvalue weighted by Gasteiger charge is 2.59. The maximum Gasteiger partial charge on any atom is 0.230 e. The Morgan fingerprint density at radius 1 is 1.14 bits per heavy atom. The molecule has 1 amide bonds. The molecular weight excluding hydrogens is 459 g/mol. The predicted octanol–water partition coefficient (Wildman–Crippen LogP) is 4.82. The molecule has 0 spiro atoms. The number of nitrogens with one attached hydrogen (secondary N) is 2. The number of thiocarbonyl (C=S) groups is 1. The van der Waals surface area contributed by atoms with Crippen LogP contribution in [0.3, 0.4) is 0 Å². The van der Waals surface area contributed by atoms with Crippen LogP contribution >= 0.6 is 12.2 Å². The van der Waals surface area contributed by atoms with Gasteiger partial charge in [0.05, 0.1) is 10.4 Å². The van der Waals surface area contributed by atoms with Crippen LogP contribution < -0.4 is 16.4 Å². The van der Waals surface area contributed by atoms with Crippen LogP contribution in [0.15, 0.2) is 48.8 Å². The lowest BCUT2D eigenvalue weighted by Gasteiger charge is -2.60. The largest absolute Gasteiger partial charge is 0.377 e. The summed E-state index contributed by atoms with van der Waals surface area (Å²) in [5, 5.41) is 6.59. The lowest BCUT2D eigenvalue weighted by molar-refractivity contribution is -0.149. The summed E-state index contributed by atoms with van der Waals surface area (Å²) in [6, 6.07) is 10.2. The molecule has 0 radical (unpaired) electrons. The molecule has 186 valence electrons. The van der Waals surface area contributed by atoms with E-state index in [4.69, 9.17) is 18.0 Å². The Morgan fingerprint density at radius 3 is 2.40 bits per heavy atom. The van der Waals surface area contributed by atoms with Gasteiger partial charge in [-0.25, -0.2) is 4.39 Å². The fourth-order valence-corrected chi connectivity index (χ4v) is 7.51. The van der Waals surface area contributed by atoms with E-state index in [0.717, 1.165) is 35.5 Å². The first-order chi connectivity index (χ1) is 16.7. The molecule has 5 nitrogen and oxygen atoms in total. The van der Waals surface area contributed by atoms with Gasteiger partial charge >= 0.3 is 0 Å². The van der Waals surface area contributed by atoms with Gasteiger partial charge in [0.25, 0.3) is 0 Å². The van der Waals surface area contributed by atoms with Crippen molar-refractivity contribution >= 4 is 28.8 Å². The zero-order valence-corrected chi connectivity index (χ0v) is 21.3. The van der Waals surface area contributed by atoms with Gasteiger partial charge in [0, 0.05) is 36.1 Å². The number of amides is 1. The second kappa shape index (κ2) is 9.25. The Balaban J connectivity index is 1.23. The number of hydrogen-bond donors (Lipinski definition) is 3. The molecule has 3 unspecified atom stereocenters. The van der Waals surface area contributed by atoms with Crippen LogP contribution in [-0.2, 0) is 10.2 Å². The molecule has 1 heterocycles. The van der Waals surface area contributed by atoms with Crippen LogP contribution in [0.5, 0.6) is 0 Å². The van der Waals surface area contributed by atoms with E-state index in [1.807, 2.05) is 12.1 Å². The molecule has 2 aromatic rings. The maximum absolute atomic E-state index is 13.4. The smallest absolute Gasteiger partial charge is 0.230 e. The van der Waals surface area contributed by atoms with Gasteiger partial charge in [0.15, 0.2) is 0 Å². The van der Waals surface area contributed by atoms with Crippen LogP contribution in [0.1, 0.15) is 51.5 Å². The summed E-state index contributed by atoms with van der Waals surface area (Å²) in [6.45, 7) is 4.71. The number of hydrogen-bond acceptors (Lipinski definition) is 4. The van der Waals surface area contributed by atoms with Gasteiger partial charge in [-0.05, 0) is 99.5 Å². The summed E-state index contributed by atoms with van der Waals surface area (Å²) in [7, 11) is 0. The van der Waals surface area contributed by atoms with Gasteiger partial charge in [-0.15, -0.1) is 0 Å². The minimum absolute atomic E-state index is 0.0210. The molecule has 1 aromatic carbocycles. The van der Waals surface area contributed by atoms with E-state index < -0.39 is 5.41 Å². The molecular formula is C28H35FN4OS. The van der Waals surface area contributed by atoms with Gasteiger partial charge in [-0.2, -0.15) is 0 Å². The van der Waals surface area contributed by atoms with Crippen molar-refractivity contribution in [1.82, 2.24) is 10.3 Å². The third kappa shape index (κ3) is 4.60. The number of carbonyl (C=O) groups excluding carboxylic acids is 1. The molecule has 7 heteroatoms. The average Bonchev–Trinajstić information content (AvgIpc) is 2.82. The first-order valence-electron chi connectivity index (χ1n) is 12.7. The normalized spacial score (nSPS) is 30.1. The van der Waals surface area contributed by atoms with E-state index in [9.17, 15) is 9.18 Å². The van der Waals surface area contributed by atoms with E-state index in [1.165, 1.54) is 25.0 Å². The third-order valence-electron chi connectivity index (χ3n) is 8.89. The van der Waals surface area contributed by atoms with Crippen molar-refractivity contribution in [2.24, 2.45) is 34.8 Å². The fraction of sp³-hybridized carbons (Fsp3) is 0.536. The molecule has 6 rings (SSSR count). The average molecular weight is 495 g/mol. The summed E-state index contributed by atoms with van der Waals surface area (Å²) in [5.74, 6) is 1.87.